The van der Waals surface area contributed by atoms with Crippen LogP contribution in [0.2, 0.25) is 5.02 Å². The molecular weight excluding hydrogens is 369 g/mol. The molecule has 2 aromatic rings. The molecule has 0 heterocycles. The van der Waals surface area contributed by atoms with E-state index in [1.807, 2.05) is 0 Å². The Balaban J connectivity index is 1.64. The van der Waals surface area contributed by atoms with E-state index in [-0.39, 0.29) is 28.6 Å². The maximum absolute atomic E-state index is 13.2. The van der Waals surface area contributed by atoms with Gasteiger partial charge in [-0.05, 0) is 62.1 Å². The number of hydrogen-bond donors (Lipinski definition) is 3. The lowest BCUT2D eigenvalue weighted by Gasteiger charge is -2.27. The quantitative estimate of drug-likeness (QED) is 0.744. The van der Waals surface area contributed by atoms with Gasteiger partial charge in [0.05, 0.1) is 10.6 Å². The van der Waals surface area contributed by atoms with Crippen molar-refractivity contribution in [1.29, 1.82) is 0 Å². The van der Waals surface area contributed by atoms with Crippen molar-refractivity contribution in [2.75, 3.05) is 5.32 Å². The van der Waals surface area contributed by atoms with Gasteiger partial charge in [0.1, 0.15) is 5.82 Å². The summed E-state index contributed by atoms with van der Waals surface area (Å²) in [6, 6.07) is 10.4. The van der Waals surface area contributed by atoms with Crippen LogP contribution in [0.15, 0.2) is 42.5 Å². The number of carbonyl (C=O) groups excluding carboxylic acids is 2. The molecule has 0 aromatic heterocycles. The summed E-state index contributed by atoms with van der Waals surface area (Å²) in [7, 11) is 0. The maximum atomic E-state index is 13.2. The minimum absolute atomic E-state index is 0.0979. The van der Waals surface area contributed by atoms with Crippen molar-refractivity contribution >= 4 is 29.1 Å². The number of nitrogens with one attached hydrogen (secondary N) is 2. The Morgan fingerprint density at radius 1 is 1.04 bits per heavy atom. The number of halogens is 2. The smallest absolute Gasteiger partial charge is 0.255 e. The molecule has 4 N–H and O–H groups in total. The molecule has 0 bridgehead atoms. The van der Waals surface area contributed by atoms with Gasteiger partial charge in [0.15, 0.2) is 0 Å². The molecule has 142 valence electrons. The Bertz CT molecular complexity index is 851. The van der Waals surface area contributed by atoms with E-state index in [4.69, 9.17) is 17.3 Å². The maximum Gasteiger partial charge on any atom is 0.255 e. The molecule has 0 radical (unpaired) electrons. The standard InChI is InChI=1S/C20H21ClFN3O2/c21-18-11-16(25-19(26)12-2-1-3-13(22)10-12)8-9-17(18)20(27)24-15-6-4-14(23)5-7-15/h1-3,8-11,14-15H,4-7,23H2,(H,24,27)(H,25,26). The molecule has 27 heavy (non-hydrogen) atoms. The highest BCUT2D eigenvalue weighted by molar-refractivity contribution is 6.34. The fourth-order valence-electron chi connectivity index (χ4n) is 3.14. The largest absolute Gasteiger partial charge is 0.349 e. The first-order chi connectivity index (χ1) is 12.9. The molecule has 3 rings (SSSR count). The van der Waals surface area contributed by atoms with E-state index in [1.165, 1.54) is 24.3 Å². The topological polar surface area (TPSA) is 84.2 Å². The second-order valence-electron chi connectivity index (χ2n) is 6.74. The Morgan fingerprint density at radius 3 is 2.44 bits per heavy atom. The summed E-state index contributed by atoms with van der Waals surface area (Å²) in [4.78, 5) is 24.6. The van der Waals surface area contributed by atoms with E-state index in [1.54, 1.807) is 12.1 Å². The van der Waals surface area contributed by atoms with Gasteiger partial charge in [0.2, 0.25) is 0 Å². The van der Waals surface area contributed by atoms with Crippen LogP contribution in [0.5, 0.6) is 0 Å². The molecule has 5 nitrogen and oxygen atoms in total. The van der Waals surface area contributed by atoms with E-state index in [9.17, 15) is 14.0 Å². The zero-order valence-electron chi connectivity index (χ0n) is 14.7. The van der Waals surface area contributed by atoms with Crippen molar-refractivity contribution in [2.24, 2.45) is 5.73 Å². The van der Waals surface area contributed by atoms with Gasteiger partial charge in [-0.25, -0.2) is 4.39 Å². The molecule has 0 aliphatic heterocycles. The Morgan fingerprint density at radius 2 is 1.78 bits per heavy atom. The Labute approximate surface area is 162 Å². The fraction of sp³-hybridized carbons (Fsp3) is 0.300. The highest BCUT2D eigenvalue weighted by atomic mass is 35.5. The lowest BCUT2D eigenvalue weighted by molar-refractivity contribution is 0.0925. The molecule has 7 heteroatoms. The van der Waals surface area contributed by atoms with Gasteiger partial charge >= 0.3 is 0 Å². The fourth-order valence-corrected chi connectivity index (χ4v) is 3.40. The van der Waals surface area contributed by atoms with Crippen molar-refractivity contribution in [3.05, 3.63) is 64.4 Å². The first-order valence-corrected chi connectivity index (χ1v) is 9.23. The first-order valence-electron chi connectivity index (χ1n) is 8.85. The van der Waals surface area contributed by atoms with Crippen LogP contribution in [0.1, 0.15) is 46.4 Å². The lowest BCUT2D eigenvalue weighted by Crippen LogP contribution is -2.40. The minimum Gasteiger partial charge on any atom is -0.349 e. The van der Waals surface area contributed by atoms with E-state index in [2.05, 4.69) is 10.6 Å². The zero-order valence-corrected chi connectivity index (χ0v) is 15.4. The summed E-state index contributed by atoms with van der Waals surface area (Å²) < 4.78 is 13.2. The van der Waals surface area contributed by atoms with Crippen LogP contribution in [0.4, 0.5) is 10.1 Å². The van der Waals surface area contributed by atoms with Crippen molar-refractivity contribution in [3.63, 3.8) is 0 Å². The monoisotopic (exact) mass is 389 g/mol. The van der Waals surface area contributed by atoms with Gasteiger partial charge in [-0.3, -0.25) is 9.59 Å². The molecule has 1 aliphatic carbocycles. The number of amides is 2. The third-order valence-corrected chi connectivity index (χ3v) is 4.98. The molecule has 0 unspecified atom stereocenters. The zero-order chi connectivity index (χ0) is 19.4. The van der Waals surface area contributed by atoms with E-state index in [0.717, 1.165) is 31.7 Å². The van der Waals surface area contributed by atoms with Crippen LogP contribution in [0, 0.1) is 5.82 Å². The van der Waals surface area contributed by atoms with Crippen molar-refractivity contribution < 1.29 is 14.0 Å². The minimum atomic E-state index is -0.489. The summed E-state index contributed by atoms with van der Waals surface area (Å²) in [6.45, 7) is 0. The van der Waals surface area contributed by atoms with E-state index < -0.39 is 11.7 Å². The second-order valence-corrected chi connectivity index (χ2v) is 7.15. The van der Waals surface area contributed by atoms with Gasteiger partial charge in [0.25, 0.3) is 11.8 Å². The molecule has 2 amide bonds. The van der Waals surface area contributed by atoms with Crippen LogP contribution in [-0.2, 0) is 0 Å². The van der Waals surface area contributed by atoms with Gasteiger partial charge in [-0.1, -0.05) is 17.7 Å². The Kier molecular flexibility index (Phi) is 6.08. The summed E-state index contributed by atoms with van der Waals surface area (Å²) in [6.07, 6.45) is 3.49. The predicted molar refractivity (Wildman–Crippen MR) is 104 cm³/mol. The van der Waals surface area contributed by atoms with Crippen LogP contribution in [0.25, 0.3) is 0 Å². The second kappa shape index (κ2) is 8.50. The first kappa shape index (κ1) is 19.3. The van der Waals surface area contributed by atoms with Crippen LogP contribution in [-0.4, -0.2) is 23.9 Å². The average Bonchev–Trinajstić information content (AvgIpc) is 2.63. The summed E-state index contributed by atoms with van der Waals surface area (Å²) in [5, 5.41) is 5.86. The summed E-state index contributed by atoms with van der Waals surface area (Å²) in [5.74, 6) is -1.19. The number of carbonyl (C=O) groups is 2. The molecule has 2 aromatic carbocycles. The molecule has 1 saturated carbocycles. The van der Waals surface area contributed by atoms with Crippen LogP contribution < -0.4 is 16.4 Å². The van der Waals surface area contributed by atoms with E-state index in [0.29, 0.717) is 11.3 Å². The number of nitrogens with two attached hydrogens (primary N) is 1. The molecular formula is C20H21ClFN3O2. The molecule has 0 atom stereocenters. The highest BCUT2D eigenvalue weighted by Crippen LogP contribution is 2.23. The molecule has 1 aliphatic rings. The molecule has 0 saturated heterocycles. The van der Waals surface area contributed by atoms with Crippen molar-refractivity contribution in [2.45, 2.75) is 37.8 Å². The molecule has 1 fully saturated rings. The molecule has 0 spiro atoms. The number of hydrogen-bond acceptors (Lipinski definition) is 3. The predicted octanol–water partition coefficient (Wildman–Crippen LogP) is 3.73. The van der Waals surface area contributed by atoms with Crippen molar-refractivity contribution in [3.8, 4) is 0 Å². The van der Waals surface area contributed by atoms with E-state index >= 15 is 0 Å². The van der Waals surface area contributed by atoms with Crippen LogP contribution in [0.3, 0.4) is 0 Å². The van der Waals surface area contributed by atoms with Gasteiger partial charge in [-0.2, -0.15) is 0 Å². The highest BCUT2D eigenvalue weighted by Gasteiger charge is 2.21. The van der Waals surface area contributed by atoms with Crippen molar-refractivity contribution in [1.82, 2.24) is 5.32 Å². The van der Waals surface area contributed by atoms with Gasteiger partial charge < -0.3 is 16.4 Å². The number of anilines is 1. The number of rotatable bonds is 4. The normalized spacial score (nSPS) is 19.4. The summed E-state index contributed by atoms with van der Waals surface area (Å²) in [5.41, 5.74) is 6.85. The third-order valence-electron chi connectivity index (χ3n) is 4.67. The Hall–Kier alpha value is -2.44. The lowest BCUT2D eigenvalue weighted by atomic mass is 9.91. The number of benzene rings is 2. The van der Waals surface area contributed by atoms with Gasteiger partial charge in [0, 0.05) is 23.3 Å². The average molecular weight is 390 g/mol. The summed E-state index contributed by atoms with van der Waals surface area (Å²) >= 11 is 6.23. The van der Waals surface area contributed by atoms with Gasteiger partial charge in [-0.15, -0.1) is 0 Å². The SMILES string of the molecule is NC1CCC(NC(=O)c2ccc(NC(=O)c3cccc(F)c3)cc2Cl)CC1. The van der Waals surface area contributed by atoms with Crippen LogP contribution >= 0.6 is 11.6 Å². The third kappa shape index (κ3) is 5.05.